The van der Waals surface area contributed by atoms with E-state index in [0.29, 0.717) is 26.2 Å². The summed E-state index contributed by atoms with van der Waals surface area (Å²) >= 11 is 0. The van der Waals surface area contributed by atoms with E-state index in [1.54, 1.807) is 21.9 Å². The molecule has 2 amide bonds. The van der Waals surface area contributed by atoms with E-state index in [2.05, 4.69) is 10.8 Å². The molecule has 2 aliphatic rings. The fraction of sp³-hybridized carbons (Fsp3) is 0.400. The highest BCUT2D eigenvalue weighted by Crippen LogP contribution is 2.36. The molecule has 26 heavy (non-hydrogen) atoms. The lowest BCUT2D eigenvalue weighted by molar-refractivity contribution is -0.135. The first-order valence-electron chi connectivity index (χ1n) is 8.93. The van der Waals surface area contributed by atoms with Gasteiger partial charge in [0.15, 0.2) is 0 Å². The number of allylic oxidation sites excluding steroid dienone is 2. The van der Waals surface area contributed by atoms with Gasteiger partial charge < -0.3 is 9.80 Å². The molecule has 0 radical (unpaired) electrons. The van der Waals surface area contributed by atoms with Gasteiger partial charge in [-0.1, -0.05) is 32.1 Å². The van der Waals surface area contributed by atoms with Crippen LogP contribution in [-0.4, -0.2) is 47.8 Å². The van der Waals surface area contributed by atoms with Gasteiger partial charge in [-0.25, -0.2) is 15.3 Å². The van der Waals surface area contributed by atoms with Crippen molar-refractivity contribution in [2.75, 3.05) is 26.2 Å². The quantitative estimate of drug-likeness (QED) is 0.819. The molecule has 0 aliphatic carbocycles. The van der Waals surface area contributed by atoms with Crippen LogP contribution in [-0.2, 0) is 10.5 Å². The largest absolute Gasteiger partial charge is 0.339 e. The maximum Gasteiger partial charge on any atom is 0.256 e. The lowest BCUT2D eigenvalue weighted by Crippen LogP contribution is -2.51. The molecule has 0 saturated carbocycles. The monoisotopic (exact) mass is 376 g/mol. The fourth-order valence-electron chi connectivity index (χ4n) is 3.19. The highest BCUT2D eigenvalue weighted by Gasteiger charge is 2.27. The van der Waals surface area contributed by atoms with Crippen molar-refractivity contribution in [1.29, 1.82) is 0 Å². The molecular weight excluding hydrogens is 351 g/mol. The van der Waals surface area contributed by atoms with Crippen LogP contribution in [0.1, 0.15) is 29.8 Å². The van der Waals surface area contributed by atoms with Crippen molar-refractivity contribution < 1.29 is 14.0 Å². The summed E-state index contributed by atoms with van der Waals surface area (Å²) in [6, 6.07) is 4.83. The van der Waals surface area contributed by atoms with Crippen molar-refractivity contribution >= 4 is 22.7 Å². The second-order valence-corrected chi connectivity index (χ2v) is 8.88. The maximum absolute atomic E-state index is 14.3. The predicted molar refractivity (Wildman–Crippen MR) is 105 cm³/mol. The number of carbonyl (C=O) groups is 2. The first kappa shape index (κ1) is 18.7. The van der Waals surface area contributed by atoms with Crippen LogP contribution in [0, 0.1) is 11.7 Å². The molecule has 0 bridgehead atoms. The Labute approximate surface area is 156 Å². The van der Waals surface area contributed by atoms with Gasteiger partial charge in [0.05, 0.1) is 5.56 Å². The van der Waals surface area contributed by atoms with E-state index in [-0.39, 0.29) is 34.2 Å². The van der Waals surface area contributed by atoms with Crippen LogP contribution in [0.3, 0.4) is 0 Å². The van der Waals surface area contributed by atoms with Crippen LogP contribution in [0.2, 0.25) is 0 Å². The topological polar surface area (TPSA) is 40.6 Å². The Balaban J connectivity index is 1.67. The number of amides is 2. The molecule has 3 rings (SSSR count). The second kappa shape index (κ2) is 8.08. The van der Waals surface area contributed by atoms with E-state index >= 15 is 0 Å². The summed E-state index contributed by atoms with van der Waals surface area (Å²) in [7, 11) is -0.349. The second-order valence-electron chi connectivity index (χ2n) is 6.94. The first-order valence-corrected chi connectivity index (χ1v) is 10.6. The lowest BCUT2D eigenvalue weighted by atomic mass is 10.1. The van der Waals surface area contributed by atoms with Crippen molar-refractivity contribution in [3.05, 3.63) is 58.1 Å². The predicted octanol–water partition coefficient (Wildman–Crippen LogP) is 3.31. The summed E-state index contributed by atoms with van der Waals surface area (Å²) < 4.78 is 14.3. The Bertz CT molecular complexity index is 740. The Morgan fingerprint density at radius 3 is 2.31 bits per heavy atom. The van der Waals surface area contributed by atoms with Crippen molar-refractivity contribution in [2.45, 2.75) is 19.6 Å². The summed E-state index contributed by atoms with van der Waals surface area (Å²) in [5, 5.41) is 4.32. The smallest absolute Gasteiger partial charge is 0.256 e. The maximum atomic E-state index is 14.3. The molecule has 1 aromatic rings. The van der Waals surface area contributed by atoms with Gasteiger partial charge in [-0.05, 0) is 28.5 Å². The van der Waals surface area contributed by atoms with Crippen molar-refractivity contribution in [2.24, 2.45) is 5.92 Å². The van der Waals surface area contributed by atoms with Gasteiger partial charge in [0, 0.05) is 37.8 Å². The highest BCUT2D eigenvalue weighted by atomic mass is 32.2. The minimum absolute atomic E-state index is 0.0491. The molecule has 1 fully saturated rings. The van der Waals surface area contributed by atoms with Gasteiger partial charge in [0.25, 0.3) is 5.91 Å². The normalized spacial score (nSPS) is 18.1. The number of hydrogen-bond acceptors (Lipinski definition) is 2. The number of halogens is 1. The standard InChI is InChI=1S/C20H25FN2O2S/c1-15(2)19(24)22-7-9-23(10-8-22)20(25)17-13-16(5-6-18(17)21)14-26-11-3-4-12-26/h3-6,11-13,15,26H,7-10,14H2,1-2H3. The Hall–Kier alpha value is -2.08. The molecular formula is C20H25FN2O2S. The number of piperazine rings is 1. The zero-order chi connectivity index (χ0) is 18.7. The Morgan fingerprint density at radius 1 is 1.08 bits per heavy atom. The first-order chi connectivity index (χ1) is 12.5. The van der Waals surface area contributed by atoms with Crippen LogP contribution in [0.25, 0.3) is 0 Å². The van der Waals surface area contributed by atoms with Crippen LogP contribution in [0.4, 0.5) is 4.39 Å². The molecule has 0 unspecified atom stereocenters. The average Bonchev–Trinajstić information content (AvgIpc) is 3.15. The SMILES string of the molecule is CC(C)C(=O)N1CCN(C(=O)c2cc(C[SH]3C=CC=C3)ccc2F)CC1. The molecule has 6 heteroatoms. The summed E-state index contributed by atoms with van der Waals surface area (Å²) in [6.45, 7) is 5.64. The third-order valence-electron chi connectivity index (χ3n) is 4.66. The zero-order valence-corrected chi connectivity index (χ0v) is 16.1. The van der Waals surface area contributed by atoms with E-state index in [4.69, 9.17) is 0 Å². The van der Waals surface area contributed by atoms with Gasteiger partial charge in [0.2, 0.25) is 5.91 Å². The molecule has 0 aromatic heterocycles. The minimum Gasteiger partial charge on any atom is -0.339 e. The molecule has 1 saturated heterocycles. The molecule has 0 N–H and O–H groups in total. The fourth-order valence-corrected chi connectivity index (χ4v) is 4.76. The van der Waals surface area contributed by atoms with E-state index in [1.807, 2.05) is 26.0 Å². The van der Waals surface area contributed by atoms with Gasteiger partial charge in [-0.3, -0.25) is 9.59 Å². The third kappa shape index (κ3) is 4.18. The van der Waals surface area contributed by atoms with Crippen molar-refractivity contribution in [3.8, 4) is 0 Å². The number of rotatable bonds is 4. The van der Waals surface area contributed by atoms with E-state index < -0.39 is 5.82 Å². The van der Waals surface area contributed by atoms with Crippen LogP contribution in [0.5, 0.6) is 0 Å². The van der Waals surface area contributed by atoms with Crippen LogP contribution >= 0.6 is 10.9 Å². The number of hydrogen-bond donors (Lipinski definition) is 1. The van der Waals surface area contributed by atoms with Crippen LogP contribution in [0.15, 0.2) is 41.2 Å². The summed E-state index contributed by atoms with van der Waals surface area (Å²) in [5.74, 6) is 0.104. The van der Waals surface area contributed by atoms with Crippen molar-refractivity contribution in [3.63, 3.8) is 0 Å². The molecule has 0 atom stereocenters. The van der Waals surface area contributed by atoms with E-state index in [0.717, 1.165) is 11.3 Å². The lowest BCUT2D eigenvalue weighted by Gasteiger charge is -2.35. The summed E-state index contributed by atoms with van der Waals surface area (Å²) in [4.78, 5) is 28.3. The van der Waals surface area contributed by atoms with Gasteiger partial charge in [-0.2, -0.15) is 0 Å². The van der Waals surface area contributed by atoms with Gasteiger partial charge >= 0.3 is 0 Å². The zero-order valence-electron chi connectivity index (χ0n) is 15.2. The Kier molecular flexibility index (Phi) is 5.81. The summed E-state index contributed by atoms with van der Waals surface area (Å²) in [6.07, 6.45) is 4.05. The minimum atomic E-state index is -0.482. The Morgan fingerprint density at radius 2 is 1.69 bits per heavy atom. The number of benzene rings is 1. The molecule has 1 aromatic carbocycles. The number of nitrogens with zero attached hydrogens (tertiary/aromatic N) is 2. The average molecular weight is 376 g/mol. The molecule has 140 valence electrons. The number of carbonyl (C=O) groups excluding carboxylic acids is 2. The van der Waals surface area contributed by atoms with Crippen molar-refractivity contribution in [1.82, 2.24) is 9.80 Å². The molecule has 2 aliphatic heterocycles. The number of thiol groups is 1. The van der Waals surface area contributed by atoms with Crippen LogP contribution < -0.4 is 0 Å². The third-order valence-corrected chi connectivity index (χ3v) is 6.51. The van der Waals surface area contributed by atoms with E-state index in [1.165, 1.54) is 6.07 Å². The molecule has 4 nitrogen and oxygen atoms in total. The summed E-state index contributed by atoms with van der Waals surface area (Å²) in [5.41, 5.74) is 1.11. The van der Waals surface area contributed by atoms with E-state index in [9.17, 15) is 14.0 Å². The highest BCUT2D eigenvalue weighted by molar-refractivity contribution is 8.21. The van der Waals surface area contributed by atoms with Gasteiger partial charge in [-0.15, -0.1) is 0 Å². The molecule has 0 spiro atoms. The van der Waals surface area contributed by atoms with Gasteiger partial charge in [0.1, 0.15) is 5.82 Å². The molecule has 2 heterocycles.